The molecular weight excluding hydrogens is 310 g/mol. The van der Waals surface area contributed by atoms with Crippen molar-refractivity contribution in [2.45, 2.75) is 39.8 Å². The standard InChI is InChI=1S/C19H22ClNO2/c1-12-9-10-16(11-13(12)2)14(3)21-19(22)15(4)23-18-8-6-5-7-17(18)20/h5-11,14-15H,1-4H3,(H,21,22)/t14-,15+/m1/s1. The summed E-state index contributed by atoms with van der Waals surface area (Å²) in [6.45, 7) is 7.81. The van der Waals surface area contributed by atoms with Crippen LogP contribution in [0.15, 0.2) is 42.5 Å². The van der Waals surface area contributed by atoms with Gasteiger partial charge in [-0.1, -0.05) is 41.9 Å². The summed E-state index contributed by atoms with van der Waals surface area (Å²) in [7, 11) is 0. The monoisotopic (exact) mass is 331 g/mol. The fraction of sp³-hybridized carbons (Fsp3) is 0.316. The summed E-state index contributed by atoms with van der Waals surface area (Å²) in [5, 5.41) is 3.47. The number of amides is 1. The van der Waals surface area contributed by atoms with Gasteiger partial charge in [-0.05, 0) is 56.5 Å². The maximum Gasteiger partial charge on any atom is 0.261 e. The van der Waals surface area contributed by atoms with Crippen molar-refractivity contribution in [2.75, 3.05) is 0 Å². The third kappa shape index (κ3) is 4.49. The highest BCUT2D eigenvalue weighted by Crippen LogP contribution is 2.24. The molecular formula is C19H22ClNO2. The van der Waals surface area contributed by atoms with Crippen molar-refractivity contribution in [3.05, 3.63) is 64.2 Å². The number of hydrogen-bond acceptors (Lipinski definition) is 2. The van der Waals surface area contributed by atoms with Crippen LogP contribution in [-0.2, 0) is 4.79 Å². The van der Waals surface area contributed by atoms with Gasteiger partial charge in [-0.15, -0.1) is 0 Å². The molecule has 0 aliphatic carbocycles. The number of hydrogen-bond donors (Lipinski definition) is 1. The fourth-order valence-electron chi connectivity index (χ4n) is 2.23. The van der Waals surface area contributed by atoms with Crippen molar-refractivity contribution in [2.24, 2.45) is 0 Å². The number of ether oxygens (including phenoxy) is 1. The molecule has 2 aromatic rings. The summed E-state index contributed by atoms with van der Waals surface area (Å²) in [6, 6.07) is 13.2. The molecule has 0 unspecified atom stereocenters. The molecule has 0 spiro atoms. The van der Waals surface area contributed by atoms with Crippen molar-refractivity contribution in [1.82, 2.24) is 5.32 Å². The van der Waals surface area contributed by atoms with E-state index in [9.17, 15) is 4.79 Å². The first-order valence-electron chi connectivity index (χ1n) is 7.67. The van der Waals surface area contributed by atoms with E-state index in [1.807, 2.05) is 25.1 Å². The zero-order valence-corrected chi connectivity index (χ0v) is 14.6. The first kappa shape index (κ1) is 17.4. The molecule has 23 heavy (non-hydrogen) atoms. The van der Waals surface area contributed by atoms with E-state index in [-0.39, 0.29) is 11.9 Å². The van der Waals surface area contributed by atoms with Crippen LogP contribution in [0, 0.1) is 13.8 Å². The lowest BCUT2D eigenvalue weighted by molar-refractivity contribution is -0.127. The van der Waals surface area contributed by atoms with Crippen molar-refractivity contribution in [3.63, 3.8) is 0 Å². The van der Waals surface area contributed by atoms with E-state index in [0.717, 1.165) is 5.56 Å². The van der Waals surface area contributed by atoms with Crippen molar-refractivity contribution >= 4 is 17.5 Å². The largest absolute Gasteiger partial charge is 0.479 e. The highest BCUT2D eigenvalue weighted by atomic mass is 35.5. The molecule has 0 aromatic heterocycles. The summed E-state index contributed by atoms with van der Waals surface area (Å²) >= 11 is 6.05. The Balaban J connectivity index is 2.00. The van der Waals surface area contributed by atoms with Gasteiger partial charge >= 0.3 is 0 Å². The highest BCUT2D eigenvalue weighted by molar-refractivity contribution is 6.32. The van der Waals surface area contributed by atoms with Gasteiger partial charge in [0.15, 0.2) is 6.10 Å². The van der Waals surface area contributed by atoms with E-state index in [1.54, 1.807) is 19.1 Å². The number of benzene rings is 2. The molecule has 1 amide bonds. The van der Waals surface area contributed by atoms with Crippen LogP contribution in [0.1, 0.15) is 36.6 Å². The van der Waals surface area contributed by atoms with E-state index in [0.29, 0.717) is 10.8 Å². The molecule has 122 valence electrons. The summed E-state index contributed by atoms with van der Waals surface area (Å²) in [4.78, 5) is 12.3. The Bertz CT molecular complexity index is 700. The maximum atomic E-state index is 12.3. The molecule has 0 heterocycles. The number of carbonyl (C=O) groups is 1. The Labute approximate surface area is 142 Å². The summed E-state index contributed by atoms with van der Waals surface area (Å²) in [5.74, 6) is 0.339. The number of aryl methyl sites for hydroxylation is 2. The average Bonchev–Trinajstić information content (AvgIpc) is 2.52. The molecule has 4 heteroatoms. The van der Waals surface area contributed by atoms with Crippen LogP contribution in [-0.4, -0.2) is 12.0 Å². The van der Waals surface area contributed by atoms with Crippen molar-refractivity contribution in [3.8, 4) is 5.75 Å². The molecule has 0 fully saturated rings. The number of nitrogens with one attached hydrogen (secondary N) is 1. The third-order valence-electron chi connectivity index (χ3n) is 3.90. The van der Waals surface area contributed by atoms with Gasteiger partial charge in [-0.2, -0.15) is 0 Å². The molecule has 0 saturated carbocycles. The first-order valence-corrected chi connectivity index (χ1v) is 8.05. The van der Waals surface area contributed by atoms with Crippen molar-refractivity contribution < 1.29 is 9.53 Å². The van der Waals surface area contributed by atoms with Gasteiger partial charge in [-0.3, -0.25) is 4.79 Å². The van der Waals surface area contributed by atoms with Gasteiger partial charge < -0.3 is 10.1 Å². The van der Waals surface area contributed by atoms with Gasteiger partial charge in [0.25, 0.3) is 5.91 Å². The second kappa shape index (κ2) is 7.51. The van der Waals surface area contributed by atoms with Crippen LogP contribution >= 0.6 is 11.6 Å². The minimum atomic E-state index is -0.621. The van der Waals surface area contributed by atoms with Crippen LogP contribution in [0.2, 0.25) is 5.02 Å². The molecule has 0 aliphatic rings. The molecule has 2 aromatic carbocycles. The fourth-order valence-corrected chi connectivity index (χ4v) is 2.41. The molecule has 0 aliphatic heterocycles. The first-order chi connectivity index (χ1) is 10.9. The second-order valence-electron chi connectivity index (χ2n) is 5.76. The van der Waals surface area contributed by atoms with Crippen LogP contribution in [0.25, 0.3) is 0 Å². The van der Waals surface area contributed by atoms with Gasteiger partial charge in [-0.25, -0.2) is 0 Å². The Morgan fingerprint density at radius 1 is 1.09 bits per heavy atom. The number of para-hydroxylation sites is 1. The third-order valence-corrected chi connectivity index (χ3v) is 4.21. The summed E-state index contributed by atoms with van der Waals surface area (Å²) in [5.41, 5.74) is 3.53. The van der Waals surface area contributed by atoms with Crippen LogP contribution < -0.4 is 10.1 Å². The summed E-state index contributed by atoms with van der Waals surface area (Å²) < 4.78 is 5.64. The van der Waals surface area contributed by atoms with Crippen LogP contribution in [0.3, 0.4) is 0 Å². The Morgan fingerprint density at radius 3 is 2.43 bits per heavy atom. The molecule has 0 saturated heterocycles. The number of halogens is 1. The highest BCUT2D eigenvalue weighted by Gasteiger charge is 2.18. The number of carbonyl (C=O) groups excluding carboxylic acids is 1. The van der Waals surface area contributed by atoms with Gasteiger partial charge in [0.2, 0.25) is 0 Å². The Morgan fingerprint density at radius 2 is 1.78 bits per heavy atom. The lowest BCUT2D eigenvalue weighted by Crippen LogP contribution is -2.37. The number of rotatable bonds is 5. The lowest BCUT2D eigenvalue weighted by Gasteiger charge is -2.20. The molecule has 0 radical (unpaired) electrons. The van der Waals surface area contributed by atoms with Gasteiger partial charge in [0.05, 0.1) is 11.1 Å². The van der Waals surface area contributed by atoms with Crippen LogP contribution in [0.5, 0.6) is 5.75 Å². The van der Waals surface area contributed by atoms with Gasteiger partial charge in [0.1, 0.15) is 5.75 Å². The smallest absolute Gasteiger partial charge is 0.261 e. The minimum absolute atomic E-state index is 0.0842. The quantitative estimate of drug-likeness (QED) is 0.869. The van der Waals surface area contributed by atoms with Gasteiger partial charge in [0, 0.05) is 0 Å². The minimum Gasteiger partial charge on any atom is -0.479 e. The van der Waals surface area contributed by atoms with Crippen LogP contribution in [0.4, 0.5) is 0 Å². The molecule has 2 rings (SSSR count). The molecule has 1 N–H and O–H groups in total. The molecule has 0 bridgehead atoms. The predicted octanol–water partition coefficient (Wildman–Crippen LogP) is 4.60. The average molecular weight is 332 g/mol. The Hall–Kier alpha value is -2.00. The van der Waals surface area contributed by atoms with E-state index < -0.39 is 6.10 Å². The molecule has 2 atom stereocenters. The predicted molar refractivity (Wildman–Crippen MR) is 94.0 cm³/mol. The van der Waals surface area contributed by atoms with E-state index in [1.165, 1.54) is 11.1 Å². The normalized spacial score (nSPS) is 13.3. The lowest BCUT2D eigenvalue weighted by atomic mass is 10.0. The summed E-state index contributed by atoms with van der Waals surface area (Å²) in [6.07, 6.45) is -0.621. The zero-order chi connectivity index (χ0) is 17.0. The van der Waals surface area contributed by atoms with E-state index in [4.69, 9.17) is 16.3 Å². The van der Waals surface area contributed by atoms with E-state index in [2.05, 4.69) is 31.3 Å². The zero-order valence-electron chi connectivity index (χ0n) is 13.9. The topological polar surface area (TPSA) is 38.3 Å². The SMILES string of the molecule is Cc1ccc([C@@H](C)NC(=O)[C@H](C)Oc2ccccc2Cl)cc1C. The van der Waals surface area contributed by atoms with E-state index >= 15 is 0 Å². The Kier molecular flexibility index (Phi) is 5.67. The molecule has 3 nitrogen and oxygen atoms in total. The van der Waals surface area contributed by atoms with Crippen molar-refractivity contribution in [1.29, 1.82) is 0 Å². The maximum absolute atomic E-state index is 12.3. The second-order valence-corrected chi connectivity index (χ2v) is 6.17.